The van der Waals surface area contributed by atoms with Crippen molar-refractivity contribution in [2.75, 3.05) is 50.8 Å². The number of hydrogen-bond acceptors (Lipinski definition) is 4. The summed E-state index contributed by atoms with van der Waals surface area (Å²) in [6, 6.07) is 17.6. The minimum Gasteiger partial charge on any atom is -0.490 e. The molecule has 152 valence electrons. The number of hydrogen-bond donors (Lipinski definition) is 0. The first-order valence-corrected chi connectivity index (χ1v) is 10.3. The highest BCUT2D eigenvalue weighted by atomic mass is 16.5. The third kappa shape index (κ3) is 4.77. The monoisotopic (exact) mass is 393 g/mol. The molecule has 2 aromatic rings. The van der Waals surface area contributed by atoms with Crippen molar-refractivity contribution < 1.29 is 14.3 Å². The van der Waals surface area contributed by atoms with Crippen LogP contribution in [0.25, 0.3) is 0 Å². The Morgan fingerprint density at radius 1 is 0.828 bits per heavy atom. The van der Waals surface area contributed by atoms with Gasteiger partial charge in [-0.15, -0.1) is 0 Å². The maximum Gasteiger partial charge on any atom is 0.228 e. The third-order valence-electron chi connectivity index (χ3n) is 5.59. The van der Waals surface area contributed by atoms with Crippen LogP contribution in [0.5, 0.6) is 5.75 Å². The second-order valence-corrected chi connectivity index (χ2v) is 7.50. The van der Waals surface area contributed by atoms with E-state index in [1.165, 1.54) is 0 Å². The van der Waals surface area contributed by atoms with Gasteiger partial charge >= 0.3 is 0 Å². The lowest BCUT2D eigenvalue weighted by Gasteiger charge is -2.35. The summed E-state index contributed by atoms with van der Waals surface area (Å²) in [5, 5.41) is 0. The standard InChI is InChI=1S/C23H27N3O3/c27-22(26-16-17-29-21-9-5-4-8-20(21)26)10-11-24-12-14-25(15-13-24)23(28)18-19-6-2-1-3-7-19/h1-9H,10-18H2. The van der Waals surface area contributed by atoms with Gasteiger partial charge in [-0.05, 0) is 17.7 Å². The Labute approximate surface area is 171 Å². The predicted molar refractivity (Wildman–Crippen MR) is 112 cm³/mol. The van der Waals surface area contributed by atoms with Crippen LogP contribution in [0.2, 0.25) is 0 Å². The third-order valence-corrected chi connectivity index (χ3v) is 5.59. The van der Waals surface area contributed by atoms with Crippen molar-refractivity contribution >= 4 is 17.5 Å². The van der Waals surface area contributed by atoms with Gasteiger partial charge in [0.05, 0.1) is 18.7 Å². The predicted octanol–water partition coefficient (Wildman–Crippen LogP) is 2.19. The number of carbonyl (C=O) groups is 2. The summed E-state index contributed by atoms with van der Waals surface area (Å²) in [6.45, 7) is 4.92. The molecule has 0 aromatic heterocycles. The Morgan fingerprint density at radius 2 is 1.55 bits per heavy atom. The highest BCUT2D eigenvalue weighted by Gasteiger charge is 2.25. The molecule has 0 aliphatic carbocycles. The molecule has 2 heterocycles. The molecule has 0 bridgehead atoms. The second-order valence-electron chi connectivity index (χ2n) is 7.50. The van der Waals surface area contributed by atoms with Gasteiger partial charge in [0.2, 0.25) is 11.8 Å². The van der Waals surface area contributed by atoms with Crippen molar-refractivity contribution in [1.29, 1.82) is 0 Å². The van der Waals surface area contributed by atoms with E-state index in [1.54, 1.807) is 0 Å². The minimum absolute atomic E-state index is 0.128. The average Bonchev–Trinajstić information content (AvgIpc) is 2.78. The summed E-state index contributed by atoms with van der Waals surface area (Å²) in [5.41, 5.74) is 1.91. The maximum atomic E-state index is 12.8. The van der Waals surface area contributed by atoms with Gasteiger partial charge in [-0.1, -0.05) is 42.5 Å². The number of piperazine rings is 1. The Balaban J connectivity index is 1.23. The first-order chi connectivity index (χ1) is 14.2. The van der Waals surface area contributed by atoms with Crippen LogP contribution in [0.4, 0.5) is 5.69 Å². The quantitative estimate of drug-likeness (QED) is 0.782. The van der Waals surface area contributed by atoms with E-state index < -0.39 is 0 Å². The van der Waals surface area contributed by atoms with Crippen molar-refractivity contribution in [1.82, 2.24) is 9.80 Å². The number of carbonyl (C=O) groups excluding carboxylic acids is 2. The summed E-state index contributed by atoms with van der Waals surface area (Å²) in [7, 11) is 0. The molecule has 29 heavy (non-hydrogen) atoms. The van der Waals surface area contributed by atoms with Gasteiger partial charge in [0, 0.05) is 39.1 Å². The van der Waals surface area contributed by atoms with E-state index in [0.717, 1.165) is 49.7 Å². The van der Waals surface area contributed by atoms with Crippen LogP contribution in [0.3, 0.4) is 0 Å². The molecule has 2 aromatic carbocycles. The summed E-state index contributed by atoms with van der Waals surface area (Å²) in [4.78, 5) is 31.3. The lowest BCUT2D eigenvalue weighted by Crippen LogP contribution is -2.50. The smallest absolute Gasteiger partial charge is 0.228 e. The van der Waals surface area contributed by atoms with Crippen LogP contribution < -0.4 is 9.64 Å². The zero-order valence-electron chi connectivity index (χ0n) is 16.6. The summed E-state index contributed by atoms with van der Waals surface area (Å²) < 4.78 is 5.63. The molecule has 0 atom stereocenters. The Bertz CT molecular complexity index is 847. The number of nitrogens with zero attached hydrogens (tertiary/aromatic N) is 3. The Morgan fingerprint density at radius 3 is 2.34 bits per heavy atom. The number of para-hydroxylation sites is 2. The van der Waals surface area contributed by atoms with Crippen LogP contribution >= 0.6 is 0 Å². The SMILES string of the molecule is O=C(Cc1ccccc1)N1CCN(CCC(=O)N2CCOc3ccccc32)CC1. The van der Waals surface area contributed by atoms with Gasteiger partial charge in [0.25, 0.3) is 0 Å². The molecule has 0 spiro atoms. The van der Waals surface area contributed by atoms with Crippen molar-refractivity contribution in [2.24, 2.45) is 0 Å². The van der Waals surface area contributed by atoms with Gasteiger partial charge in [-0.2, -0.15) is 0 Å². The normalized spacial score (nSPS) is 16.8. The first kappa shape index (κ1) is 19.5. The molecule has 2 amide bonds. The summed E-state index contributed by atoms with van der Waals surface area (Å²) >= 11 is 0. The number of ether oxygens (including phenoxy) is 1. The number of rotatable bonds is 5. The van der Waals surface area contributed by atoms with Crippen molar-refractivity contribution in [3.05, 3.63) is 60.2 Å². The molecule has 1 fully saturated rings. The van der Waals surface area contributed by atoms with Gasteiger partial charge < -0.3 is 14.5 Å². The van der Waals surface area contributed by atoms with E-state index in [1.807, 2.05) is 64.4 Å². The first-order valence-electron chi connectivity index (χ1n) is 10.3. The fourth-order valence-electron chi connectivity index (χ4n) is 3.92. The highest BCUT2D eigenvalue weighted by molar-refractivity contribution is 5.95. The maximum absolute atomic E-state index is 12.8. The van der Waals surface area contributed by atoms with E-state index in [2.05, 4.69) is 4.90 Å². The average molecular weight is 393 g/mol. The molecule has 0 radical (unpaired) electrons. The molecule has 1 saturated heterocycles. The van der Waals surface area contributed by atoms with E-state index in [4.69, 9.17) is 4.74 Å². The molecule has 4 rings (SSSR count). The largest absolute Gasteiger partial charge is 0.490 e. The molecule has 6 nitrogen and oxygen atoms in total. The van der Waals surface area contributed by atoms with Gasteiger partial charge in [0.15, 0.2) is 0 Å². The van der Waals surface area contributed by atoms with Crippen LogP contribution in [0, 0.1) is 0 Å². The van der Waals surface area contributed by atoms with Crippen LogP contribution in [-0.4, -0.2) is 67.5 Å². The minimum atomic E-state index is 0.128. The fraction of sp³-hybridized carbons (Fsp3) is 0.391. The van der Waals surface area contributed by atoms with Gasteiger partial charge in [-0.25, -0.2) is 0 Å². The van der Waals surface area contributed by atoms with Crippen LogP contribution in [0.1, 0.15) is 12.0 Å². The van der Waals surface area contributed by atoms with Crippen molar-refractivity contribution in [3.63, 3.8) is 0 Å². The lowest BCUT2D eigenvalue weighted by atomic mass is 10.1. The van der Waals surface area contributed by atoms with Crippen molar-refractivity contribution in [3.8, 4) is 5.75 Å². The van der Waals surface area contributed by atoms with Crippen LogP contribution in [-0.2, 0) is 16.0 Å². The van der Waals surface area contributed by atoms with E-state index >= 15 is 0 Å². The highest BCUT2D eigenvalue weighted by Crippen LogP contribution is 2.31. The molecular weight excluding hydrogens is 366 g/mol. The summed E-state index contributed by atoms with van der Waals surface area (Å²) in [6.07, 6.45) is 0.933. The number of benzene rings is 2. The Kier molecular flexibility index (Phi) is 6.10. The molecule has 2 aliphatic rings. The lowest BCUT2D eigenvalue weighted by molar-refractivity contribution is -0.132. The molecule has 0 N–H and O–H groups in total. The topological polar surface area (TPSA) is 53.1 Å². The zero-order valence-corrected chi connectivity index (χ0v) is 16.6. The van der Waals surface area contributed by atoms with Gasteiger partial charge in [0.1, 0.15) is 12.4 Å². The molecule has 6 heteroatoms. The second kappa shape index (κ2) is 9.09. The van der Waals surface area contributed by atoms with E-state index in [-0.39, 0.29) is 11.8 Å². The number of amides is 2. The van der Waals surface area contributed by atoms with Gasteiger partial charge in [-0.3, -0.25) is 14.5 Å². The van der Waals surface area contributed by atoms with E-state index in [0.29, 0.717) is 26.0 Å². The van der Waals surface area contributed by atoms with Crippen molar-refractivity contribution in [2.45, 2.75) is 12.8 Å². The summed E-state index contributed by atoms with van der Waals surface area (Å²) in [5.74, 6) is 1.08. The van der Waals surface area contributed by atoms with E-state index in [9.17, 15) is 9.59 Å². The fourth-order valence-corrected chi connectivity index (χ4v) is 3.92. The van der Waals surface area contributed by atoms with Crippen LogP contribution in [0.15, 0.2) is 54.6 Å². The molecular formula is C23H27N3O3. The molecule has 0 saturated carbocycles. The molecule has 2 aliphatic heterocycles. The number of fused-ring (bicyclic) bond motifs is 1. The zero-order chi connectivity index (χ0) is 20.1. The Hall–Kier alpha value is -2.86. The number of anilines is 1. The molecule has 0 unspecified atom stereocenters.